The van der Waals surface area contributed by atoms with Crippen LogP contribution in [0.1, 0.15) is 26.7 Å². The standard InChI is InChI=1S/C15H24N4O2/c1-3-16-13-8-5-9-14(15(13)19(20)21)17-12-7-6-10-18(4-2)11-12/h5,8-9,12,16-17H,3-4,6-7,10-11H2,1-2H3. The molecule has 0 bridgehead atoms. The second-order valence-electron chi connectivity index (χ2n) is 5.37. The summed E-state index contributed by atoms with van der Waals surface area (Å²) in [6.45, 7) is 7.84. The number of rotatable bonds is 6. The van der Waals surface area contributed by atoms with Gasteiger partial charge in [0.25, 0.3) is 0 Å². The zero-order chi connectivity index (χ0) is 15.2. The molecule has 6 nitrogen and oxygen atoms in total. The van der Waals surface area contributed by atoms with Gasteiger partial charge in [-0.15, -0.1) is 0 Å². The summed E-state index contributed by atoms with van der Waals surface area (Å²) in [5, 5.41) is 17.8. The summed E-state index contributed by atoms with van der Waals surface area (Å²) in [5.41, 5.74) is 1.34. The normalized spacial score (nSPS) is 19.2. The maximum atomic E-state index is 11.4. The summed E-state index contributed by atoms with van der Waals surface area (Å²) in [6.07, 6.45) is 2.19. The van der Waals surface area contributed by atoms with Gasteiger partial charge in [-0.1, -0.05) is 13.0 Å². The highest BCUT2D eigenvalue weighted by Gasteiger charge is 2.24. The largest absolute Gasteiger partial charge is 0.380 e. The van der Waals surface area contributed by atoms with Crippen molar-refractivity contribution in [3.05, 3.63) is 28.3 Å². The van der Waals surface area contributed by atoms with Crippen LogP contribution in [0.25, 0.3) is 0 Å². The molecule has 0 spiro atoms. The van der Waals surface area contributed by atoms with Gasteiger partial charge >= 0.3 is 5.69 Å². The number of piperidine rings is 1. The fourth-order valence-electron chi connectivity index (χ4n) is 2.87. The van der Waals surface area contributed by atoms with E-state index in [0.29, 0.717) is 17.9 Å². The van der Waals surface area contributed by atoms with E-state index in [0.717, 1.165) is 32.5 Å². The Balaban J connectivity index is 2.19. The molecule has 1 aliphatic heterocycles. The summed E-state index contributed by atoms with van der Waals surface area (Å²) in [7, 11) is 0. The summed E-state index contributed by atoms with van der Waals surface area (Å²) in [6, 6.07) is 5.68. The van der Waals surface area contributed by atoms with Crippen LogP contribution in [0.4, 0.5) is 17.1 Å². The molecule has 116 valence electrons. The van der Waals surface area contributed by atoms with Gasteiger partial charge in [-0.25, -0.2) is 0 Å². The first kappa shape index (κ1) is 15.6. The molecule has 1 unspecified atom stereocenters. The van der Waals surface area contributed by atoms with Crippen LogP contribution >= 0.6 is 0 Å². The molecule has 1 aromatic rings. The van der Waals surface area contributed by atoms with Crippen molar-refractivity contribution in [2.24, 2.45) is 0 Å². The zero-order valence-electron chi connectivity index (χ0n) is 12.8. The SMILES string of the molecule is CCNc1cccc(NC2CCCN(CC)C2)c1[N+](=O)[O-]. The molecule has 1 fully saturated rings. The Hall–Kier alpha value is -1.82. The van der Waals surface area contributed by atoms with E-state index >= 15 is 0 Å². The molecule has 2 N–H and O–H groups in total. The van der Waals surface area contributed by atoms with Crippen LogP contribution in [0.3, 0.4) is 0 Å². The van der Waals surface area contributed by atoms with Crippen LogP contribution in [0.5, 0.6) is 0 Å². The van der Waals surface area contributed by atoms with E-state index < -0.39 is 0 Å². The molecule has 1 saturated heterocycles. The van der Waals surface area contributed by atoms with Crippen molar-refractivity contribution in [3.8, 4) is 0 Å². The highest BCUT2D eigenvalue weighted by molar-refractivity contribution is 5.76. The first-order chi connectivity index (χ1) is 10.2. The number of para-hydroxylation sites is 1. The Bertz CT molecular complexity index is 493. The van der Waals surface area contributed by atoms with E-state index in [1.165, 1.54) is 0 Å². The minimum atomic E-state index is -0.305. The Morgan fingerprint density at radius 3 is 2.81 bits per heavy atom. The third-order valence-electron chi connectivity index (χ3n) is 3.90. The second kappa shape index (κ2) is 7.26. The van der Waals surface area contributed by atoms with Crippen LogP contribution in [0.2, 0.25) is 0 Å². The molecule has 1 aliphatic rings. The number of nitro groups is 1. The van der Waals surface area contributed by atoms with Crippen molar-refractivity contribution >= 4 is 17.1 Å². The molecule has 0 radical (unpaired) electrons. The number of nitrogens with one attached hydrogen (secondary N) is 2. The molecule has 0 aliphatic carbocycles. The molecule has 6 heteroatoms. The van der Waals surface area contributed by atoms with Crippen LogP contribution in [-0.4, -0.2) is 42.0 Å². The monoisotopic (exact) mass is 292 g/mol. The van der Waals surface area contributed by atoms with E-state index in [2.05, 4.69) is 22.5 Å². The van der Waals surface area contributed by atoms with Gasteiger partial charge in [-0.3, -0.25) is 10.1 Å². The van der Waals surface area contributed by atoms with Gasteiger partial charge in [0.15, 0.2) is 0 Å². The van der Waals surface area contributed by atoms with Gasteiger partial charge in [-0.2, -0.15) is 0 Å². The number of nitro benzene ring substituents is 1. The first-order valence-corrected chi connectivity index (χ1v) is 7.65. The predicted octanol–water partition coefficient (Wildman–Crippen LogP) is 2.92. The van der Waals surface area contributed by atoms with Crippen molar-refractivity contribution in [2.75, 3.05) is 36.8 Å². The van der Waals surface area contributed by atoms with Gasteiger partial charge in [0.1, 0.15) is 11.4 Å². The van der Waals surface area contributed by atoms with Crippen molar-refractivity contribution in [1.82, 2.24) is 4.90 Å². The lowest BCUT2D eigenvalue weighted by Crippen LogP contribution is -2.41. The zero-order valence-corrected chi connectivity index (χ0v) is 12.8. The minimum absolute atomic E-state index is 0.146. The summed E-state index contributed by atoms with van der Waals surface area (Å²) in [4.78, 5) is 13.5. The summed E-state index contributed by atoms with van der Waals surface area (Å²) < 4.78 is 0. The lowest BCUT2D eigenvalue weighted by atomic mass is 10.0. The number of likely N-dealkylation sites (tertiary alicyclic amines) is 1. The average Bonchev–Trinajstić information content (AvgIpc) is 2.47. The molecule has 0 amide bonds. The van der Waals surface area contributed by atoms with E-state index in [9.17, 15) is 10.1 Å². The maximum Gasteiger partial charge on any atom is 0.315 e. The highest BCUT2D eigenvalue weighted by Crippen LogP contribution is 2.33. The molecule has 0 aromatic heterocycles. The van der Waals surface area contributed by atoms with Crippen molar-refractivity contribution in [1.29, 1.82) is 0 Å². The van der Waals surface area contributed by atoms with E-state index in [1.54, 1.807) is 12.1 Å². The number of likely N-dealkylation sites (N-methyl/N-ethyl adjacent to an activating group) is 1. The van der Waals surface area contributed by atoms with Crippen molar-refractivity contribution in [3.63, 3.8) is 0 Å². The lowest BCUT2D eigenvalue weighted by Gasteiger charge is -2.32. The number of hydrogen-bond donors (Lipinski definition) is 2. The number of nitrogens with zero attached hydrogens (tertiary/aromatic N) is 2. The van der Waals surface area contributed by atoms with Crippen LogP contribution in [0.15, 0.2) is 18.2 Å². The lowest BCUT2D eigenvalue weighted by molar-refractivity contribution is -0.383. The average molecular weight is 292 g/mol. The Labute approximate surface area is 125 Å². The van der Waals surface area contributed by atoms with E-state index in [-0.39, 0.29) is 16.7 Å². The quantitative estimate of drug-likeness (QED) is 0.623. The fourth-order valence-corrected chi connectivity index (χ4v) is 2.87. The van der Waals surface area contributed by atoms with Gasteiger partial charge in [0, 0.05) is 19.1 Å². The Morgan fingerprint density at radius 1 is 1.38 bits per heavy atom. The maximum absolute atomic E-state index is 11.4. The van der Waals surface area contributed by atoms with Crippen molar-refractivity contribution < 1.29 is 4.92 Å². The Morgan fingerprint density at radius 2 is 2.14 bits per heavy atom. The molecule has 0 saturated carbocycles. The van der Waals surface area contributed by atoms with Gasteiger partial charge < -0.3 is 15.5 Å². The smallest absolute Gasteiger partial charge is 0.315 e. The van der Waals surface area contributed by atoms with Crippen LogP contribution in [-0.2, 0) is 0 Å². The minimum Gasteiger partial charge on any atom is -0.380 e. The van der Waals surface area contributed by atoms with Gasteiger partial charge in [0.05, 0.1) is 4.92 Å². The summed E-state index contributed by atoms with van der Waals surface area (Å²) >= 11 is 0. The number of anilines is 2. The van der Waals surface area contributed by atoms with Crippen LogP contribution < -0.4 is 10.6 Å². The molecular weight excluding hydrogens is 268 g/mol. The summed E-state index contributed by atoms with van der Waals surface area (Å²) in [5.74, 6) is 0. The second-order valence-corrected chi connectivity index (χ2v) is 5.37. The number of hydrogen-bond acceptors (Lipinski definition) is 5. The molecular formula is C15H24N4O2. The molecule has 1 atom stereocenters. The predicted molar refractivity (Wildman–Crippen MR) is 86.0 cm³/mol. The van der Waals surface area contributed by atoms with E-state index in [4.69, 9.17) is 0 Å². The van der Waals surface area contributed by atoms with Crippen LogP contribution in [0, 0.1) is 10.1 Å². The Kier molecular flexibility index (Phi) is 5.38. The first-order valence-electron chi connectivity index (χ1n) is 7.65. The van der Waals surface area contributed by atoms with Crippen molar-refractivity contribution in [2.45, 2.75) is 32.7 Å². The van der Waals surface area contributed by atoms with Gasteiger partial charge in [-0.05, 0) is 45.0 Å². The topological polar surface area (TPSA) is 70.4 Å². The number of benzene rings is 1. The third-order valence-corrected chi connectivity index (χ3v) is 3.90. The molecule has 1 aromatic carbocycles. The van der Waals surface area contributed by atoms with E-state index in [1.807, 2.05) is 13.0 Å². The third kappa shape index (κ3) is 3.85. The highest BCUT2D eigenvalue weighted by atomic mass is 16.6. The molecule has 1 heterocycles. The molecule has 2 rings (SSSR count). The molecule has 21 heavy (non-hydrogen) atoms. The van der Waals surface area contributed by atoms with Gasteiger partial charge in [0.2, 0.25) is 0 Å². The fraction of sp³-hybridized carbons (Fsp3) is 0.600.